The van der Waals surface area contributed by atoms with E-state index in [1.54, 1.807) is 12.3 Å². The van der Waals surface area contributed by atoms with Crippen molar-refractivity contribution >= 4 is 29.5 Å². The Kier molecular flexibility index (Phi) is 4.45. The van der Waals surface area contributed by atoms with Crippen LogP contribution in [0.1, 0.15) is 27.5 Å². The summed E-state index contributed by atoms with van der Waals surface area (Å²) in [5.74, 6) is -4.88. The van der Waals surface area contributed by atoms with Crippen molar-refractivity contribution in [3.8, 4) is 0 Å². The molecule has 2 amide bonds. The number of anilines is 1. The van der Waals surface area contributed by atoms with Crippen LogP contribution in [0.3, 0.4) is 0 Å². The Hall–Kier alpha value is -4.20. The number of Topliss-reactive ketones (excluding diaryl/α,β-unsaturated/α-hetero) is 1. The zero-order valence-corrected chi connectivity index (χ0v) is 17.6. The minimum atomic E-state index is -1.10. The summed E-state index contributed by atoms with van der Waals surface area (Å²) in [6.45, 7) is 0. The van der Waals surface area contributed by atoms with Gasteiger partial charge in [-0.05, 0) is 47.5 Å². The lowest BCUT2D eigenvalue weighted by molar-refractivity contribution is -0.124. The van der Waals surface area contributed by atoms with E-state index in [9.17, 15) is 23.2 Å². The molecule has 0 aromatic heterocycles. The number of carbonyl (C=O) groups is 3. The number of fused-ring (bicyclic) bond motifs is 5. The third-order valence-corrected chi connectivity index (χ3v) is 6.78. The van der Waals surface area contributed by atoms with E-state index in [1.165, 1.54) is 47.5 Å². The third-order valence-electron chi connectivity index (χ3n) is 6.78. The Morgan fingerprint density at radius 2 is 1.50 bits per heavy atom. The summed E-state index contributed by atoms with van der Waals surface area (Å²) in [5, 5.41) is 5.97. The molecule has 0 unspecified atom stereocenters. The standard InChI is InChI=1S/C26H17F2N3O3/c27-16-11-9-14(10-12-16)24(32)23-21-20(22-17-6-2-1-5-15(17)13-29-31(22)23)25(33)30(26(21)34)19-8-4-3-7-18(19)28/h1-13,20-23H/t20-,21-,22-,23+/m1/s1. The van der Waals surface area contributed by atoms with Gasteiger partial charge in [0.05, 0.1) is 29.8 Å². The Bertz CT molecular complexity index is 1390. The van der Waals surface area contributed by atoms with Gasteiger partial charge in [-0.2, -0.15) is 5.10 Å². The minimum Gasteiger partial charge on any atom is -0.292 e. The zero-order valence-electron chi connectivity index (χ0n) is 17.6. The number of hydrogen-bond acceptors (Lipinski definition) is 5. The molecule has 3 aromatic carbocycles. The maximum Gasteiger partial charge on any atom is 0.240 e. The molecule has 3 heterocycles. The molecule has 3 aliphatic rings. The van der Waals surface area contributed by atoms with Gasteiger partial charge in [0.15, 0.2) is 5.78 Å². The predicted octanol–water partition coefficient (Wildman–Crippen LogP) is 3.73. The first-order valence-corrected chi connectivity index (χ1v) is 10.8. The lowest BCUT2D eigenvalue weighted by atomic mass is 9.83. The number of halogens is 2. The molecule has 3 aliphatic heterocycles. The summed E-state index contributed by atoms with van der Waals surface area (Å²) in [5.41, 5.74) is 1.60. The van der Waals surface area contributed by atoms with Crippen LogP contribution in [0, 0.1) is 23.5 Å². The molecule has 0 radical (unpaired) electrons. The van der Waals surface area contributed by atoms with E-state index in [4.69, 9.17) is 0 Å². The Morgan fingerprint density at radius 3 is 2.26 bits per heavy atom. The SMILES string of the molecule is O=C(c1ccc(F)cc1)[C@@H]1[C@@H]2C(=O)N(c3ccccc3F)C(=O)[C@H]2[C@H]2c3ccccc3C=NN12. The fourth-order valence-electron chi connectivity index (χ4n) is 5.32. The van der Waals surface area contributed by atoms with Crippen LogP contribution >= 0.6 is 0 Å². The summed E-state index contributed by atoms with van der Waals surface area (Å²) < 4.78 is 28.1. The first kappa shape index (κ1) is 20.4. The van der Waals surface area contributed by atoms with Gasteiger partial charge in [-0.15, -0.1) is 0 Å². The summed E-state index contributed by atoms with van der Waals surface area (Å²) >= 11 is 0. The second-order valence-electron chi connectivity index (χ2n) is 8.53. The molecule has 168 valence electrons. The first-order chi connectivity index (χ1) is 16.5. The molecule has 6 nitrogen and oxygen atoms in total. The summed E-state index contributed by atoms with van der Waals surface area (Å²) in [7, 11) is 0. The highest BCUT2D eigenvalue weighted by atomic mass is 19.1. The van der Waals surface area contributed by atoms with E-state index in [1.807, 2.05) is 24.3 Å². The highest BCUT2D eigenvalue weighted by Gasteiger charge is 2.65. The number of para-hydroxylation sites is 1. The third kappa shape index (κ3) is 2.78. The summed E-state index contributed by atoms with van der Waals surface area (Å²) in [6, 6.07) is 16.1. The quantitative estimate of drug-likeness (QED) is 0.444. The molecule has 0 N–H and O–H groups in total. The maximum absolute atomic E-state index is 14.6. The normalized spacial score (nSPS) is 24.8. The van der Waals surface area contributed by atoms with Crippen LogP contribution in [0.5, 0.6) is 0 Å². The van der Waals surface area contributed by atoms with E-state index < -0.39 is 53.2 Å². The van der Waals surface area contributed by atoms with Gasteiger partial charge in [0.1, 0.15) is 17.7 Å². The van der Waals surface area contributed by atoms with Crippen LogP contribution in [0.2, 0.25) is 0 Å². The smallest absolute Gasteiger partial charge is 0.240 e. The fourth-order valence-corrected chi connectivity index (χ4v) is 5.32. The van der Waals surface area contributed by atoms with E-state index in [0.29, 0.717) is 0 Å². The Labute approximate surface area is 193 Å². The van der Waals surface area contributed by atoms with Crippen LogP contribution in [-0.2, 0) is 9.59 Å². The lowest BCUT2D eigenvalue weighted by Crippen LogP contribution is -2.44. The topological polar surface area (TPSA) is 70.0 Å². The van der Waals surface area contributed by atoms with Gasteiger partial charge in [0, 0.05) is 5.56 Å². The number of imide groups is 1. The van der Waals surface area contributed by atoms with Crippen molar-refractivity contribution in [3.05, 3.63) is 101 Å². The molecule has 2 saturated heterocycles. The molecular formula is C26H17F2N3O3. The largest absolute Gasteiger partial charge is 0.292 e. The highest BCUT2D eigenvalue weighted by Crippen LogP contribution is 2.53. The van der Waals surface area contributed by atoms with Gasteiger partial charge in [0.25, 0.3) is 0 Å². The maximum atomic E-state index is 14.6. The van der Waals surface area contributed by atoms with E-state index >= 15 is 0 Å². The van der Waals surface area contributed by atoms with Crippen LogP contribution in [0.4, 0.5) is 14.5 Å². The van der Waals surface area contributed by atoms with Gasteiger partial charge in [-0.1, -0.05) is 36.4 Å². The van der Waals surface area contributed by atoms with Gasteiger partial charge in [-0.25, -0.2) is 13.7 Å². The highest BCUT2D eigenvalue weighted by molar-refractivity contribution is 6.24. The molecule has 0 saturated carbocycles. The molecule has 8 heteroatoms. The average Bonchev–Trinajstić information content (AvgIpc) is 3.32. The minimum absolute atomic E-state index is 0.140. The molecular weight excluding hydrogens is 440 g/mol. The molecule has 34 heavy (non-hydrogen) atoms. The van der Waals surface area contributed by atoms with Crippen molar-refractivity contribution in [2.24, 2.45) is 16.9 Å². The van der Waals surface area contributed by atoms with Crippen molar-refractivity contribution in [2.45, 2.75) is 12.1 Å². The molecule has 0 bridgehead atoms. The first-order valence-electron chi connectivity index (χ1n) is 10.8. The van der Waals surface area contributed by atoms with E-state index in [-0.39, 0.29) is 11.3 Å². The molecule has 2 fully saturated rings. The Balaban J connectivity index is 1.51. The number of nitrogens with zero attached hydrogens (tertiary/aromatic N) is 3. The number of hydrazone groups is 1. The van der Waals surface area contributed by atoms with Gasteiger partial charge >= 0.3 is 0 Å². The van der Waals surface area contributed by atoms with Gasteiger partial charge in [-0.3, -0.25) is 19.4 Å². The molecule has 0 aliphatic carbocycles. The van der Waals surface area contributed by atoms with Crippen molar-refractivity contribution in [1.29, 1.82) is 0 Å². The summed E-state index contributed by atoms with van der Waals surface area (Å²) in [4.78, 5) is 41.8. The number of hydrogen-bond donors (Lipinski definition) is 0. The number of ketones is 1. The van der Waals surface area contributed by atoms with Crippen LogP contribution in [0.25, 0.3) is 0 Å². The number of rotatable bonds is 3. The summed E-state index contributed by atoms with van der Waals surface area (Å²) in [6.07, 6.45) is 1.60. The fraction of sp³-hybridized carbons (Fsp3) is 0.154. The zero-order chi connectivity index (χ0) is 23.6. The second kappa shape index (κ2) is 7.41. The van der Waals surface area contributed by atoms with Crippen LogP contribution in [-0.4, -0.2) is 34.9 Å². The molecule has 0 spiro atoms. The van der Waals surface area contributed by atoms with E-state index in [2.05, 4.69) is 5.10 Å². The Morgan fingerprint density at radius 1 is 0.824 bits per heavy atom. The average molecular weight is 457 g/mol. The van der Waals surface area contributed by atoms with Crippen molar-refractivity contribution in [3.63, 3.8) is 0 Å². The van der Waals surface area contributed by atoms with Gasteiger partial charge < -0.3 is 0 Å². The number of benzene rings is 3. The number of amides is 2. The molecule has 6 rings (SSSR count). The number of carbonyl (C=O) groups excluding carboxylic acids is 3. The van der Waals surface area contributed by atoms with Crippen molar-refractivity contribution in [2.75, 3.05) is 4.90 Å². The van der Waals surface area contributed by atoms with Gasteiger partial charge in [0.2, 0.25) is 11.8 Å². The molecule has 4 atom stereocenters. The van der Waals surface area contributed by atoms with Crippen LogP contribution < -0.4 is 4.90 Å². The van der Waals surface area contributed by atoms with E-state index in [0.717, 1.165) is 16.0 Å². The lowest BCUT2D eigenvalue weighted by Gasteiger charge is -2.33. The predicted molar refractivity (Wildman–Crippen MR) is 119 cm³/mol. The van der Waals surface area contributed by atoms with Crippen molar-refractivity contribution < 1.29 is 23.2 Å². The monoisotopic (exact) mass is 457 g/mol. The second-order valence-corrected chi connectivity index (χ2v) is 8.53. The van der Waals surface area contributed by atoms with Crippen LogP contribution in [0.15, 0.2) is 77.9 Å². The van der Waals surface area contributed by atoms with Crippen molar-refractivity contribution in [1.82, 2.24) is 5.01 Å². The molecule has 3 aromatic rings.